The van der Waals surface area contributed by atoms with Crippen molar-refractivity contribution in [3.05, 3.63) is 30.3 Å². The van der Waals surface area contributed by atoms with Crippen molar-refractivity contribution in [2.45, 2.75) is 32.7 Å². The molecule has 1 aromatic carbocycles. The summed E-state index contributed by atoms with van der Waals surface area (Å²) < 4.78 is 0. The largest absolute Gasteiger partial charge is 0.480 e. The van der Waals surface area contributed by atoms with E-state index in [-0.39, 0.29) is 25.0 Å². The summed E-state index contributed by atoms with van der Waals surface area (Å²) in [5.74, 6) is -1.10. The van der Waals surface area contributed by atoms with Gasteiger partial charge in [-0.15, -0.1) is 0 Å². The molecule has 110 valence electrons. The average molecular weight is 278 g/mol. The number of hydrogen-bond acceptors (Lipinski definition) is 3. The lowest BCUT2D eigenvalue weighted by Gasteiger charge is -2.23. The number of carbonyl (C=O) groups is 2. The first-order chi connectivity index (χ1) is 9.56. The van der Waals surface area contributed by atoms with E-state index in [9.17, 15) is 9.59 Å². The van der Waals surface area contributed by atoms with Crippen molar-refractivity contribution in [2.75, 3.05) is 18.0 Å². The van der Waals surface area contributed by atoms with Crippen LogP contribution in [0.2, 0.25) is 0 Å². The van der Waals surface area contributed by atoms with E-state index in [2.05, 4.69) is 5.32 Å². The Morgan fingerprint density at radius 3 is 2.25 bits per heavy atom. The Morgan fingerprint density at radius 2 is 1.75 bits per heavy atom. The van der Waals surface area contributed by atoms with Gasteiger partial charge in [-0.05, 0) is 25.0 Å². The normalized spacial score (nSPS) is 10.3. The van der Waals surface area contributed by atoms with Gasteiger partial charge in [0.25, 0.3) is 0 Å². The van der Waals surface area contributed by atoms with Gasteiger partial charge in [-0.3, -0.25) is 9.59 Å². The summed E-state index contributed by atoms with van der Waals surface area (Å²) in [6, 6.07) is 9.24. The first-order valence-electron chi connectivity index (χ1n) is 6.88. The zero-order valence-electron chi connectivity index (χ0n) is 12.0. The minimum atomic E-state index is -0.954. The Morgan fingerprint density at radius 1 is 1.15 bits per heavy atom. The number of nitrogens with one attached hydrogen (secondary N) is 1. The van der Waals surface area contributed by atoms with Gasteiger partial charge in [0.15, 0.2) is 0 Å². The van der Waals surface area contributed by atoms with Gasteiger partial charge in [0.2, 0.25) is 5.91 Å². The average Bonchev–Trinajstić information content (AvgIpc) is 2.44. The number of anilines is 1. The number of amides is 1. The first kappa shape index (κ1) is 16.0. The molecule has 5 heteroatoms. The molecular formula is C15H22N2O3. The van der Waals surface area contributed by atoms with E-state index in [0.717, 1.165) is 18.5 Å². The van der Waals surface area contributed by atoms with Gasteiger partial charge in [-0.2, -0.15) is 0 Å². The number of para-hydroxylation sites is 1. The molecule has 0 aliphatic carbocycles. The van der Waals surface area contributed by atoms with E-state index >= 15 is 0 Å². The molecule has 0 fully saturated rings. The number of carbonyl (C=O) groups excluding carboxylic acids is 1. The highest BCUT2D eigenvalue weighted by Gasteiger charge is 2.16. The van der Waals surface area contributed by atoms with Crippen molar-refractivity contribution < 1.29 is 14.7 Å². The van der Waals surface area contributed by atoms with Crippen LogP contribution in [0.25, 0.3) is 0 Å². The minimum absolute atomic E-state index is 0.0484. The molecule has 0 aliphatic rings. The maximum Gasteiger partial charge on any atom is 0.323 e. The van der Waals surface area contributed by atoms with Crippen molar-refractivity contribution in [1.29, 1.82) is 0 Å². The number of hydrogen-bond donors (Lipinski definition) is 2. The summed E-state index contributed by atoms with van der Waals surface area (Å²) in [4.78, 5) is 24.5. The molecule has 0 aliphatic heterocycles. The Bertz CT molecular complexity index is 430. The van der Waals surface area contributed by atoms with Crippen LogP contribution >= 0.6 is 0 Å². The molecule has 0 atom stereocenters. The third-order valence-corrected chi connectivity index (χ3v) is 3.13. The molecule has 0 aromatic heterocycles. The third kappa shape index (κ3) is 5.30. The van der Waals surface area contributed by atoms with Gasteiger partial charge in [-0.25, -0.2) is 0 Å². The molecule has 0 bridgehead atoms. The molecule has 2 N–H and O–H groups in total. The monoisotopic (exact) mass is 278 g/mol. The Labute approximate surface area is 119 Å². The van der Waals surface area contributed by atoms with Crippen molar-refractivity contribution in [3.63, 3.8) is 0 Å². The molecule has 1 aromatic rings. The summed E-state index contributed by atoms with van der Waals surface area (Å²) in [7, 11) is 0. The molecule has 0 saturated carbocycles. The number of aliphatic carboxylic acids is 1. The molecule has 0 unspecified atom stereocenters. The fourth-order valence-corrected chi connectivity index (χ4v) is 1.98. The zero-order chi connectivity index (χ0) is 15.0. The van der Waals surface area contributed by atoms with E-state index in [1.165, 1.54) is 0 Å². The maximum absolute atomic E-state index is 12.0. The fraction of sp³-hybridized carbons (Fsp3) is 0.467. The first-order valence-corrected chi connectivity index (χ1v) is 6.88. The highest BCUT2D eigenvalue weighted by molar-refractivity contribution is 5.84. The highest BCUT2D eigenvalue weighted by Crippen LogP contribution is 2.12. The molecule has 0 heterocycles. The van der Waals surface area contributed by atoms with Gasteiger partial charge in [0.05, 0.1) is 6.54 Å². The van der Waals surface area contributed by atoms with E-state index in [1.807, 2.05) is 32.0 Å². The standard InChI is InChI=1S/C15H22N2O3/c1-3-12(4-2)16-14(18)10-17(11-15(19)20)13-8-6-5-7-9-13/h5-9,12H,3-4,10-11H2,1-2H3,(H,16,18)(H,19,20). The lowest BCUT2D eigenvalue weighted by Crippen LogP contribution is -2.43. The predicted molar refractivity (Wildman–Crippen MR) is 78.8 cm³/mol. The van der Waals surface area contributed by atoms with Gasteiger partial charge >= 0.3 is 5.97 Å². The van der Waals surface area contributed by atoms with Gasteiger partial charge in [0.1, 0.15) is 6.54 Å². The molecule has 1 rings (SSSR count). The Balaban J connectivity index is 2.70. The van der Waals surface area contributed by atoms with Crippen LogP contribution in [0.3, 0.4) is 0 Å². The second-order valence-electron chi connectivity index (χ2n) is 4.67. The maximum atomic E-state index is 12.0. The van der Waals surface area contributed by atoms with Crippen LogP contribution in [0.1, 0.15) is 26.7 Å². The number of carboxylic acid groups (broad SMARTS) is 1. The van der Waals surface area contributed by atoms with E-state index < -0.39 is 5.97 Å². The quantitative estimate of drug-likeness (QED) is 0.762. The summed E-state index contributed by atoms with van der Waals surface area (Å²) in [5.41, 5.74) is 0.731. The van der Waals surface area contributed by atoms with Gasteiger partial charge < -0.3 is 15.3 Å². The molecule has 5 nitrogen and oxygen atoms in total. The summed E-state index contributed by atoms with van der Waals surface area (Å²) in [5, 5.41) is 11.9. The van der Waals surface area contributed by atoms with Crippen LogP contribution < -0.4 is 10.2 Å². The molecule has 0 radical (unpaired) electrons. The molecule has 0 saturated heterocycles. The van der Waals surface area contributed by atoms with Crippen LogP contribution in [0, 0.1) is 0 Å². The van der Waals surface area contributed by atoms with Crippen molar-refractivity contribution >= 4 is 17.6 Å². The van der Waals surface area contributed by atoms with Crippen molar-refractivity contribution in [3.8, 4) is 0 Å². The van der Waals surface area contributed by atoms with Crippen LogP contribution in [-0.2, 0) is 9.59 Å². The van der Waals surface area contributed by atoms with Crippen LogP contribution in [0.15, 0.2) is 30.3 Å². The molecule has 20 heavy (non-hydrogen) atoms. The summed E-state index contributed by atoms with van der Waals surface area (Å²) >= 11 is 0. The van der Waals surface area contributed by atoms with E-state index in [4.69, 9.17) is 5.11 Å². The molecular weight excluding hydrogens is 256 g/mol. The minimum Gasteiger partial charge on any atom is -0.480 e. The Hall–Kier alpha value is -2.04. The molecule has 0 spiro atoms. The number of carboxylic acids is 1. The smallest absolute Gasteiger partial charge is 0.323 e. The van der Waals surface area contributed by atoms with E-state index in [1.54, 1.807) is 17.0 Å². The number of rotatable bonds is 8. The Kier molecular flexibility index (Phi) is 6.56. The van der Waals surface area contributed by atoms with Crippen LogP contribution in [-0.4, -0.2) is 36.1 Å². The summed E-state index contributed by atoms with van der Waals surface area (Å²) in [6.07, 6.45) is 1.74. The fourth-order valence-electron chi connectivity index (χ4n) is 1.98. The lowest BCUT2D eigenvalue weighted by molar-refractivity contribution is -0.135. The van der Waals surface area contributed by atoms with Gasteiger partial charge in [-0.1, -0.05) is 32.0 Å². The van der Waals surface area contributed by atoms with Crippen molar-refractivity contribution in [2.24, 2.45) is 0 Å². The topological polar surface area (TPSA) is 69.6 Å². The highest BCUT2D eigenvalue weighted by atomic mass is 16.4. The van der Waals surface area contributed by atoms with Crippen LogP contribution in [0.5, 0.6) is 0 Å². The van der Waals surface area contributed by atoms with Gasteiger partial charge in [0, 0.05) is 11.7 Å². The second-order valence-corrected chi connectivity index (χ2v) is 4.67. The number of nitrogens with zero attached hydrogens (tertiary/aromatic N) is 1. The van der Waals surface area contributed by atoms with E-state index in [0.29, 0.717) is 0 Å². The SMILES string of the molecule is CCC(CC)NC(=O)CN(CC(=O)O)c1ccccc1. The molecule has 1 amide bonds. The lowest BCUT2D eigenvalue weighted by atomic mass is 10.2. The second kappa shape index (κ2) is 8.19. The third-order valence-electron chi connectivity index (χ3n) is 3.13. The predicted octanol–water partition coefficient (Wildman–Crippen LogP) is 1.88. The van der Waals surface area contributed by atoms with Crippen molar-refractivity contribution in [1.82, 2.24) is 5.32 Å². The zero-order valence-corrected chi connectivity index (χ0v) is 12.0. The number of benzene rings is 1. The summed E-state index contributed by atoms with van der Waals surface area (Å²) in [6.45, 7) is 3.88. The van der Waals surface area contributed by atoms with Crippen LogP contribution in [0.4, 0.5) is 5.69 Å².